The van der Waals surface area contributed by atoms with E-state index in [1.165, 1.54) is 0 Å². The van der Waals surface area contributed by atoms with Gasteiger partial charge in [-0.15, -0.1) is 11.8 Å². The topological polar surface area (TPSA) is 71.4 Å². The third-order valence-corrected chi connectivity index (χ3v) is 7.63. The molecule has 8 heteroatoms. The van der Waals surface area contributed by atoms with Crippen molar-refractivity contribution in [2.24, 2.45) is 0 Å². The van der Waals surface area contributed by atoms with Crippen molar-refractivity contribution in [2.45, 2.75) is 25.3 Å². The molecule has 1 aliphatic rings. The summed E-state index contributed by atoms with van der Waals surface area (Å²) in [4.78, 5) is 40.9. The van der Waals surface area contributed by atoms with Crippen LogP contribution in [-0.2, 0) is 16.1 Å². The highest BCUT2D eigenvalue weighted by molar-refractivity contribution is 7.99. The van der Waals surface area contributed by atoms with E-state index in [0.29, 0.717) is 10.7 Å². The van der Waals surface area contributed by atoms with Gasteiger partial charge < -0.3 is 4.57 Å². The molecular formula is C29H24ClN3O3S. The van der Waals surface area contributed by atoms with Gasteiger partial charge in [-0.1, -0.05) is 35.9 Å². The molecule has 0 unspecified atom stereocenters. The SMILES string of the molecule is Cc1ccc(N2C(=O)NC(=O)/C(=C\c3cn(CCSc4ccc(Cl)cc4)c4ccccc34)C2=O)cc1C. The number of urea groups is 1. The third kappa shape index (κ3) is 5.05. The Morgan fingerprint density at radius 1 is 0.946 bits per heavy atom. The Morgan fingerprint density at radius 3 is 2.46 bits per heavy atom. The van der Waals surface area contributed by atoms with E-state index in [-0.39, 0.29) is 5.57 Å². The Morgan fingerprint density at radius 2 is 1.70 bits per heavy atom. The van der Waals surface area contributed by atoms with Crippen LogP contribution >= 0.6 is 23.4 Å². The summed E-state index contributed by atoms with van der Waals surface area (Å²) in [5.41, 5.74) is 4.06. The number of fused-ring (bicyclic) bond motifs is 1. The molecule has 3 aromatic carbocycles. The molecule has 0 radical (unpaired) electrons. The number of amides is 4. The summed E-state index contributed by atoms with van der Waals surface area (Å²) >= 11 is 7.70. The zero-order valence-electron chi connectivity index (χ0n) is 20.3. The quantitative estimate of drug-likeness (QED) is 0.179. The minimum absolute atomic E-state index is 0.0868. The number of halogens is 1. The summed E-state index contributed by atoms with van der Waals surface area (Å²) in [6.07, 6.45) is 3.51. The number of nitrogens with zero attached hydrogens (tertiary/aromatic N) is 2. The second-order valence-corrected chi connectivity index (χ2v) is 10.4. The Hall–Kier alpha value is -3.81. The molecule has 1 aromatic heterocycles. The summed E-state index contributed by atoms with van der Waals surface area (Å²) in [5.74, 6) is -0.525. The Balaban J connectivity index is 1.45. The molecular weight excluding hydrogens is 506 g/mol. The zero-order valence-corrected chi connectivity index (χ0v) is 21.9. The van der Waals surface area contributed by atoms with E-state index in [4.69, 9.17) is 11.6 Å². The van der Waals surface area contributed by atoms with Gasteiger partial charge in [0.2, 0.25) is 0 Å². The van der Waals surface area contributed by atoms with Crippen LogP contribution in [0.25, 0.3) is 17.0 Å². The highest BCUT2D eigenvalue weighted by Crippen LogP contribution is 2.28. The Kier molecular flexibility index (Phi) is 6.91. The van der Waals surface area contributed by atoms with Crippen LogP contribution in [0.4, 0.5) is 10.5 Å². The first-order valence-corrected chi connectivity index (χ1v) is 13.1. The number of carbonyl (C=O) groups is 3. The van der Waals surface area contributed by atoms with Crippen LogP contribution in [0.15, 0.2) is 83.4 Å². The molecule has 1 N–H and O–H groups in total. The normalized spacial score (nSPS) is 15.1. The van der Waals surface area contributed by atoms with Crippen molar-refractivity contribution >= 4 is 63.9 Å². The maximum atomic E-state index is 13.4. The average Bonchev–Trinajstić information content (AvgIpc) is 3.22. The highest BCUT2D eigenvalue weighted by Gasteiger charge is 2.37. The predicted molar refractivity (Wildman–Crippen MR) is 149 cm³/mol. The summed E-state index contributed by atoms with van der Waals surface area (Å²) < 4.78 is 2.11. The maximum absolute atomic E-state index is 13.4. The van der Waals surface area contributed by atoms with Gasteiger partial charge in [-0.3, -0.25) is 14.9 Å². The number of anilines is 1. The van der Waals surface area contributed by atoms with Crippen molar-refractivity contribution in [3.05, 3.63) is 100 Å². The van der Waals surface area contributed by atoms with E-state index in [9.17, 15) is 14.4 Å². The first-order valence-electron chi connectivity index (χ1n) is 11.8. The fourth-order valence-corrected chi connectivity index (χ4v) is 5.26. The predicted octanol–water partition coefficient (Wildman–Crippen LogP) is 6.37. The molecule has 186 valence electrons. The number of hydrogen-bond donors (Lipinski definition) is 1. The first kappa shape index (κ1) is 24.9. The van der Waals surface area contributed by atoms with Gasteiger partial charge in [0.25, 0.3) is 11.8 Å². The van der Waals surface area contributed by atoms with E-state index in [0.717, 1.165) is 49.7 Å². The lowest BCUT2D eigenvalue weighted by atomic mass is 10.0. The van der Waals surface area contributed by atoms with Crippen molar-refractivity contribution in [3.8, 4) is 0 Å². The van der Waals surface area contributed by atoms with E-state index < -0.39 is 17.8 Å². The van der Waals surface area contributed by atoms with Crippen LogP contribution in [0, 0.1) is 13.8 Å². The number of thioether (sulfide) groups is 1. The fraction of sp³-hybridized carbons (Fsp3) is 0.138. The molecule has 1 aliphatic heterocycles. The third-order valence-electron chi connectivity index (χ3n) is 6.38. The number of benzene rings is 3. The molecule has 1 saturated heterocycles. The Labute approximate surface area is 223 Å². The molecule has 37 heavy (non-hydrogen) atoms. The van der Waals surface area contributed by atoms with Crippen LogP contribution in [-0.4, -0.2) is 28.2 Å². The van der Waals surface area contributed by atoms with Gasteiger partial charge in [0.1, 0.15) is 5.57 Å². The van der Waals surface area contributed by atoms with Crippen LogP contribution in [0.5, 0.6) is 0 Å². The molecule has 2 heterocycles. The second kappa shape index (κ2) is 10.3. The fourth-order valence-electron chi connectivity index (χ4n) is 4.28. The molecule has 0 bridgehead atoms. The molecule has 0 saturated carbocycles. The smallest absolute Gasteiger partial charge is 0.335 e. The largest absolute Gasteiger partial charge is 0.346 e. The van der Waals surface area contributed by atoms with E-state index in [1.54, 1.807) is 30.0 Å². The van der Waals surface area contributed by atoms with E-state index in [1.807, 2.05) is 74.6 Å². The van der Waals surface area contributed by atoms with Crippen LogP contribution < -0.4 is 10.2 Å². The van der Waals surface area contributed by atoms with Gasteiger partial charge >= 0.3 is 6.03 Å². The second-order valence-electron chi connectivity index (χ2n) is 8.82. The van der Waals surface area contributed by atoms with Gasteiger partial charge in [0.05, 0.1) is 5.69 Å². The van der Waals surface area contributed by atoms with Crippen molar-refractivity contribution in [3.63, 3.8) is 0 Å². The summed E-state index contributed by atoms with van der Waals surface area (Å²) in [6, 6.07) is 20.2. The minimum atomic E-state index is -0.753. The number of barbiturate groups is 1. The lowest BCUT2D eigenvalue weighted by Gasteiger charge is -2.26. The number of aromatic nitrogens is 1. The number of rotatable bonds is 6. The molecule has 4 aromatic rings. The van der Waals surface area contributed by atoms with Gasteiger partial charge in [0.15, 0.2) is 0 Å². The standard InChI is InChI=1S/C29H24ClN3O3S/c1-18-7-10-22(15-19(18)2)33-28(35)25(27(34)31-29(33)36)16-20-17-32(26-6-4-3-5-24(20)26)13-14-37-23-11-8-21(30)9-12-23/h3-12,15-17H,13-14H2,1-2H3,(H,31,34,36)/b25-16+. The van der Waals surface area contributed by atoms with Gasteiger partial charge in [-0.05, 0) is 73.5 Å². The molecule has 5 rings (SSSR count). The number of para-hydroxylation sites is 1. The number of aryl methyl sites for hydroxylation is 3. The molecule has 6 nitrogen and oxygen atoms in total. The van der Waals surface area contributed by atoms with Gasteiger partial charge in [-0.25, -0.2) is 9.69 Å². The van der Waals surface area contributed by atoms with Crippen molar-refractivity contribution < 1.29 is 14.4 Å². The van der Waals surface area contributed by atoms with Crippen molar-refractivity contribution in [1.29, 1.82) is 0 Å². The molecule has 1 fully saturated rings. The molecule has 0 aliphatic carbocycles. The highest BCUT2D eigenvalue weighted by atomic mass is 35.5. The van der Waals surface area contributed by atoms with Gasteiger partial charge in [-0.2, -0.15) is 0 Å². The molecule has 0 atom stereocenters. The first-order chi connectivity index (χ1) is 17.8. The van der Waals surface area contributed by atoms with Gasteiger partial charge in [0, 0.05) is 44.9 Å². The Bertz CT molecular complexity index is 1570. The zero-order chi connectivity index (χ0) is 26.1. The van der Waals surface area contributed by atoms with E-state index >= 15 is 0 Å². The average molecular weight is 530 g/mol. The lowest BCUT2D eigenvalue weighted by molar-refractivity contribution is -0.122. The lowest BCUT2D eigenvalue weighted by Crippen LogP contribution is -2.54. The monoisotopic (exact) mass is 529 g/mol. The van der Waals surface area contributed by atoms with Crippen LogP contribution in [0.2, 0.25) is 5.02 Å². The number of imide groups is 2. The molecule has 4 amide bonds. The maximum Gasteiger partial charge on any atom is 0.335 e. The van der Waals surface area contributed by atoms with Crippen LogP contribution in [0.1, 0.15) is 16.7 Å². The van der Waals surface area contributed by atoms with Crippen LogP contribution in [0.3, 0.4) is 0 Å². The number of nitrogens with one attached hydrogen (secondary N) is 1. The van der Waals surface area contributed by atoms with Crippen molar-refractivity contribution in [1.82, 2.24) is 9.88 Å². The molecule has 0 spiro atoms. The number of hydrogen-bond acceptors (Lipinski definition) is 4. The summed E-state index contributed by atoms with van der Waals surface area (Å²) in [7, 11) is 0. The number of carbonyl (C=O) groups excluding carboxylic acids is 3. The summed E-state index contributed by atoms with van der Waals surface area (Å²) in [5, 5.41) is 3.94. The minimum Gasteiger partial charge on any atom is -0.346 e. The van der Waals surface area contributed by atoms with Crippen molar-refractivity contribution in [2.75, 3.05) is 10.7 Å². The summed E-state index contributed by atoms with van der Waals surface area (Å²) in [6.45, 7) is 4.59. The van der Waals surface area contributed by atoms with E-state index in [2.05, 4.69) is 9.88 Å².